The van der Waals surface area contributed by atoms with E-state index < -0.39 is 16.9 Å². The molecule has 0 radical (unpaired) electrons. The smallest absolute Gasteiger partial charge is 0.295 e. The highest BCUT2D eigenvalue weighted by Crippen LogP contribution is 2.42. The Morgan fingerprint density at radius 2 is 1.66 bits per heavy atom. The molecule has 0 bridgehead atoms. The number of rotatable bonds is 3. The van der Waals surface area contributed by atoms with E-state index in [0.29, 0.717) is 26.7 Å². The summed E-state index contributed by atoms with van der Waals surface area (Å²) < 4.78 is 7.38. The quantitative estimate of drug-likeness (QED) is 0.229. The lowest BCUT2D eigenvalue weighted by Gasteiger charge is -2.25. The summed E-state index contributed by atoms with van der Waals surface area (Å²) >= 11 is 6.79. The molecule has 1 unspecified atom stereocenters. The van der Waals surface area contributed by atoms with E-state index in [1.807, 2.05) is 6.07 Å². The Labute approximate surface area is 197 Å². The predicted molar refractivity (Wildman–Crippen MR) is 126 cm³/mol. The number of anilines is 1. The topological polar surface area (TPSA) is 93.7 Å². The second kappa shape index (κ2) is 7.68. The minimum Gasteiger partial charge on any atom is -0.450 e. The van der Waals surface area contributed by atoms with Gasteiger partial charge in [-0.3, -0.25) is 24.6 Å². The first-order valence-electron chi connectivity index (χ1n) is 9.45. The molecule has 2 heterocycles. The Morgan fingerprint density at radius 3 is 2.34 bits per heavy atom. The van der Waals surface area contributed by atoms with Gasteiger partial charge in [-0.15, -0.1) is 0 Å². The number of non-ortho nitro benzene ring substituents is 1. The maximum absolute atomic E-state index is 13.5. The van der Waals surface area contributed by atoms with Crippen LogP contribution in [0, 0.1) is 10.1 Å². The van der Waals surface area contributed by atoms with Crippen molar-refractivity contribution in [1.29, 1.82) is 0 Å². The first kappa shape index (κ1) is 20.6. The highest BCUT2D eigenvalue weighted by Gasteiger charge is 2.43. The third-order valence-electron chi connectivity index (χ3n) is 5.34. The molecule has 7 nitrogen and oxygen atoms in total. The Kier molecular flexibility index (Phi) is 4.94. The number of nitro groups is 1. The fourth-order valence-corrected chi connectivity index (χ4v) is 4.68. The van der Waals surface area contributed by atoms with E-state index >= 15 is 0 Å². The van der Waals surface area contributed by atoms with E-state index in [1.165, 1.54) is 17.0 Å². The minimum absolute atomic E-state index is 0.0341. The molecule has 0 saturated heterocycles. The van der Waals surface area contributed by atoms with E-state index in [1.54, 1.807) is 48.5 Å². The molecule has 5 rings (SSSR count). The molecule has 1 atom stereocenters. The average molecular weight is 556 g/mol. The summed E-state index contributed by atoms with van der Waals surface area (Å²) in [6, 6.07) is 17.2. The number of amides is 1. The van der Waals surface area contributed by atoms with Crippen molar-refractivity contribution < 1.29 is 14.1 Å². The van der Waals surface area contributed by atoms with Crippen LogP contribution in [-0.2, 0) is 0 Å². The first-order valence-corrected chi connectivity index (χ1v) is 11.0. The van der Waals surface area contributed by atoms with Gasteiger partial charge in [-0.25, -0.2) is 0 Å². The van der Waals surface area contributed by atoms with Crippen LogP contribution in [0.3, 0.4) is 0 Å². The molecular weight excluding hydrogens is 544 g/mol. The van der Waals surface area contributed by atoms with Crippen LogP contribution in [0.4, 0.5) is 11.4 Å². The van der Waals surface area contributed by atoms with Crippen molar-refractivity contribution in [3.63, 3.8) is 0 Å². The summed E-state index contributed by atoms with van der Waals surface area (Å²) in [4.78, 5) is 39.1. The van der Waals surface area contributed by atoms with Crippen molar-refractivity contribution in [3.05, 3.63) is 113 Å². The Hall–Kier alpha value is -3.30. The normalized spacial score (nSPS) is 15.2. The summed E-state index contributed by atoms with van der Waals surface area (Å²) in [6.45, 7) is 0. The van der Waals surface area contributed by atoms with Crippen molar-refractivity contribution in [2.24, 2.45) is 0 Å². The monoisotopic (exact) mass is 554 g/mol. The van der Waals surface area contributed by atoms with Gasteiger partial charge in [0.2, 0.25) is 5.76 Å². The zero-order chi connectivity index (χ0) is 22.6. The highest BCUT2D eigenvalue weighted by atomic mass is 79.9. The maximum Gasteiger partial charge on any atom is 0.295 e. The molecule has 0 N–H and O–H groups in total. The zero-order valence-electron chi connectivity index (χ0n) is 16.1. The summed E-state index contributed by atoms with van der Waals surface area (Å²) in [5, 5.41) is 11.4. The molecule has 1 aliphatic heterocycles. The van der Waals surface area contributed by atoms with Crippen LogP contribution >= 0.6 is 31.9 Å². The fourth-order valence-electron chi connectivity index (χ4n) is 3.93. The van der Waals surface area contributed by atoms with E-state index in [2.05, 4.69) is 31.9 Å². The third-order valence-corrected chi connectivity index (χ3v) is 6.32. The van der Waals surface area contributed by atoms with E-state index in [9.17, 15) is 19.7 Å². The number of carbonyl (C=O) groups excluding carboxylic acids is 1. The summed E-state index contributed by atoms with van der Waals surface area (Å²) in [5.41, 5.74) is 1.23. The second-order valence-corrected chi connectivity index (χ2v) is 9.05. The van der Waals surface area contributed by atoms with Gasteiger partial charge in [-0.2, -0.15) is 0 Å². The zero-order valence-corrected chi connectivity index (χ0v) is 19.3. The molecule has 4 aromatic rings. The molecule has 0 aliphatic carbocycles. The number of hydrogen-bond donors (Lipinski definition) is 0. The van der Waals surface area contributed by atoms with E-state index in [0.717, 1.165) is 4.47 Å². The molecule has 0 fully saturated rings. The van der Waals surface area contributed by atoms with Crippen molar-refractivity contribution in [1.82, 2.24) is 0 Å². The lowest BCUT2D eigenvalue weighted by Crippen LogP contribution is -2.29. The van der Waals surface area contributed by atoms with E-state index in [-0.39, 0.29) is 22.4 Å². The van der Waals surface area contributed by atoms with Gasteiger partial charge in [0.15, 0.2) is 5.43 Å². The van der Waals surface area contributed by atoms with Crippen molar-refractivity contribution >= 4 is 60.1 Å². The van der Waals surface area contributed by atoms with E-state index in [4.69, 9.17) is 4.42 Å². The Balaban J connectivity index is 1.80. The molecule has 0 spiro atoms. The second-order valence-electron chi connectivity index (χ2n) is 7.22. The van der Waals surface area contributed by atoms with Crippen LogP contribution in [0.2, 0.25) is 0 Å². The van der Waals surface area contributed by atoms with Crippen molar-refractivity contribution in [3.8, 4) is 0 Å². The van der Waals surface area contributed by atoms with Gasteiger partial charge >= 0.3 is 0 Å². The lowest BCUT2D eigenvalue weighted by atomic mass is 9.98. The first-order chi connectivity index (χ1) is 15.3. The van der Waals surface area contributed by atoms with Gasteiger partial charge in [0.05, 0.1) is 21.9 Å². The van der Waals surface area contributed by atoms with Gasteiger partial charge in [0.25, 0.3) is 11.6 Å². The van der Waals surface area contributed by atoms with Gasteiger partial charge < -0.3 is 4.42 Å². The van der Waals surface area contributed by atoms with Gasteiger partial charge in [-0.05, 0) is 54.1 Å². The van der Waals surface area contributed by atoms with Gasteiger partial charge in [-0.1, -0.05) is 37.9 Å². The lowest BCUT2D eigenvalue weighted by molar-refractivity contribution is -0.384. The van der Waals surface area contributed by atoms with Crippen LogP contribution in [0.15, 0.2) is 84.9 Å². The van der Waals surface area contributed by atoms with Crippen LogP contribution in [0.25, 0.3) is 11.0 Å². The van der Waals surface area contributed by atoms with Crippen LogP contribution in [0.5, 0.6) is 0 Å². The number of carbonyl (C=O) groups is 1. The number of hydrogen-bond acceptors (Lipinski definition) is 5. The third kappa shape index (κ3) is 3.25. The van der Waals surface area contributed by atoms with Crippen LogP contribution in [0.1, 0.15) is 27.7 Å². The molecule has 32 heavy (non-hydrogen) atoms. The molecule has 0 saturated carbocycles. The molecular formula is C23H12Br2N2O5. The van der Waals surface area contributed by atoms with Crippen LogP contribution < -0.4 is 10.3 Å². The predicted octanol–water partition coefficient (Wildman–Crippen LogP) is 5.98. The Morgan fingerprint density at radius 1 is 0.938 bits per heavy atom. The number of halogens is 2. The average Bonchev–Trinajstić information content (AvgIpc) is 3.07. The molecule has 1 aromatic heterocycles. The SMILES string of the molecule is O=C1c2oc3ccc(Br)cc3c(=O)c2C(c2ccc([N+](=O)[O-])cc2)N1c1cccc(Br)c1. The summed E-state index contributed by atoms with van der Waals surface area (Å²) in [6.07, 6.45) is 0. The molecule has 1 aliphatic rings. The molecule has 9 heteroatoms. The fraction of sp³-hybridized carbons (Fsp3) is 0.0435. The van der Waals surface area contributed by atoms with Gasteiger partial charge in [0, 0.05) is 26.8 Å². The van der Waals surface area contributed by atoms with Crippen molar-refractivity contribution in [2.45, 2.75) is 6.04 Å². The number of nitrogens with zero attached hydrogens (tertiary/aromatic N) is 2. The number of fused-ring (bicyclic) bond motifs is 2. The molecule has 3 aromatic carbocycles. The maximum atomic E-state index is 13.5. The molecule has 1 amide bonds. The summed E-state index contributed by atoms with van der Waals surface area (Å²) in [7, 11) is 0. The number of nitro benzene ring substituents is 1. The molecule has 158 valence electrons. The van der Waals surface area contributed by atoms with Crippen molar-refractivity contribution in [2.75, 3.05) is 4.90 Å². The Bertz CT molecular complexity index is 1480. The standard InChI is InChI=1S/C23H12Br2N2O5/c24-13-2-1-3-16(10-13)26-20(12-4-7-15(8-5-12)27(30)31)19-21(28)17-11-14(25)6-9-18(17)32-22(19)23(26)29/h1-11,20H. The number of benzene rings is 3. The largest absolute Gasteiger partial charge is 0.450 e. The summed E-state index contributed by atoms with van der Waals surface area (Å²) in [5.74, 6) is -0.489. The van der Waals surface area contributed by atoms with Crippen LogP contribution in [-0.4, -0.2) is 10.8 Å². The minimum atomic E-state index is -0.799. The van der Waals surface area contributed by atoms with Gasteiger partial charge in [0.1, 0.15) is 5.58 Å². The highest BCUT2D eigenvalue weighted by molar-refractivity contribution is 9.10.